The Morgan fingerprint density at radius 2 is 1.62 bits per heavy atom. The first-order valence-electron chi connectivity index (χ1n) is 6.73. The fourth-order valence-electron chi connectivity index (χ4n) is 2.24. The van der Waals surface area contributed by atoms with Crippen molar-refractivity contribution in [1.29, 1.82) is 0 Å². The maximum Gasteiger partial charge on any atom is 0.390 e. The van der Waals surface area contributed by atoms with Gasteiger partial charge in [-0.05, 0) is 30.2 Å². The van der Waals surface area contributed by atoms with E-state index in [1.807, 2.05) is 6.92 Å². The Labute approximate surface area is 122 Å². The average molecular weight is 294 g/mol. The zero-order valence-electron chi connectivity index (χ0n) is 11.6. The van der Waals surface area contributed by atoms with Crippen LogP contribution in [0.5, 0.6) is 0 Å². The van der Waals surface area contributed by atoms with Crippen LogP contribution in [-0.4, -0.2) is 11.2 Å². The van der Waals surface area contributed by atoms with Crippen LogP contribution in [-0.2, 0) is 0 Å². The molecule has 1 aromatic carbocycles. The molecule has 0 aliphatic heterocycles. The van der Waals surface area contributed by atoms with Crippen LogP contribution in [0.4, 0.5) is 13.2 Å². The Balaban J connectivity index is 2.16. The average Bonchev–Trinajstić information content (AvgIpc) is 2.47. The second kappa shape index (κ2) is 6.72. The predicted octanol–water partition coefficient (Wildman–Crippen LogP) is 4.43. The Bertz CT molecular complexity index is 540. The number of hydrogen-bond donors (Lipinski definition) is 1. The molecule has 1 aromatic heterocycles. The minimum absolute atomic E-state index is 0.194. The molecule has 0 bridgehead atoms. The first-order chi connectivity index (χ1) is 9.96. The van der Waals surface area contributed by atoms with Gasteiger partial charge in [-0.1, -0.05) is 30.3 Å². The van der Waals surface area contributed by atoms with Crippen LogP contribution in [0.3, 0.4) is 0 Å². The van der Waals surface area contributed by atoms with E-state index < -0.39 is 18.6 Å². The van der Waals surface area contributed by atoms with Gasteiger partial charge in [-0.25, -0.2) is 0 Å². The summed E-state index contributed by atoms with van der Waals surface area (Å²) in [5.74, 6) is 0. The molecule has 2 aromatic rings. The highest BCUT2D eigenvalue weighted by Gasteiger charge is 2.33. The van der Waals surface area contributed by atoms with E-state index in [0.717, 1.165) is 5.56 Å². The monoisotopic (exact) mass is 294 g/mol. The van der Waals surface area contributed by atoms with Crippen LogP contribution in [0.25, 0.3) is 0 Å². The number of halogens is 3. The molecule has 112 valence electrons. The van der Waals surface area contributed by atoms with Crippen molar-refractivity contribution in [2.75, 3.05) is 0 Å². The highest BCUT2D eigenvalue weighted by atomic mass is 19.4. The summed E-state index contributed by atoms with van der Waals surface area (Å²) in [6.45, 7) is 1.85. The molecular weight excluding hydrogens is 277 g/mol. The van der Waals surface area contributed by atoms with Gasteiger partial charge in [0.1, 0.15) is 0 Å². The molecule has 5 heteroatoms. The number of benzene rings is 1. The lowest BCUT2D eigenvalue weighted by Crippen LogP contribution is -2.29. The summed E-state index contributed by atoms with van der Waals surface area (Å²) in [6, 6.07) is 11.3. The van der Waals surface area contributed by atoms with Crippen molar-refractivity contribution < 1.29 is 13.2 Å². The predicted molar refractivity (Wildman–Crippen MR) is 75.6 cm³/mol. The summed E-state index contributed by atoms with van der Waals surface area (Å²) < 4.78 is 38.4. The maximum absolute atomic E-state index is 12.8. The summed E-state index contributed by atoms with van der Waals surface area (Å²) in [4.78, 5) is 3.92. The van der Waals surface area contributed by atoms with Gasteiger partial charge < -0.3 is 5.32 Å². The Hall–Kier alpha value is -1.88. The molecule has 0 amide bonds. The zero-order chi connectivity index (χ0) is 15.3. The topological polar surface area (TPSA) is 24.9 Å². The number of hydrogen-bond acceptors (Lipinski definition) is 2. The molecule has 2 rings (SSSR count). The van der Waals surface area contributed by atoms with Crippen molar-refractivity contribution in [3.63, 3.8) is 0 Å². The highest BCUT2D eigenvalue weighted by Crippen LogP contribution is 2.31. The van der Waals surface area contributed by atoms with Crippen molar-refractivity contribution in [2.24, 2.45) is 0 Å². The molecule has 0 spiro atoms. The molecule has 2 unspecified atom stereocenters. The van der Waals surface area contributed by atoms with Gasteiger partial charge in [-0.2, -0.15) is 13.2 Å². The van der Waals surface area contributed by atoms with E-state index in [4.69, 9.17) is 0 Å². The summed E-state index contributed by atoms with van der Waals surface area (Å²) in [5, 5.41) is 3.06. The van der Waals surface area contributed by atoms with Crippen molar-refractivity contribution in [1.82, 2.24) is 10.3 Å². The van der Waals surface area contributed by atoms with E-state index in [-0.39, 0.29) is 6.04 Å². The van der Waals surface area contributed by atoms with Gasteiger partial charge in [0.15, 0.2) is 0 Å². The number of rotatable bonds is 5. The van der Waals surface area contributed by atoms with Gasteiger partial charge in [0.05, 0.1) is 6.42 Å². The van der Waals surface area contributed by atoms with E-state index >= 15 is 0 Å². The number of aromatic nitrogens is 1. The lowest BCUT2D eigenvalue weighted by molar-refractivity contribution is -0.140. The van der Waals surface area contributed by atoms with E-state index in [1.54, 1.807) is 54.9 Å². The van der Waals surface area contributed by atoms with Crippen molar-refractivity contribution in [2.45, 2.75) is 31.6 Å². The molecule has 0 radical (unpaired) electrons. The zero-order valence-corrected chi connectivity index (χ0v) is 11.6. The largest absolute Gasteiger partial charge is 0.390 e. The first-order valence-corrected chi connectivity index (χ1v) is 6.73. The molecule has 0 saturated heterocycles. The standard InChI is InChI=1S/C16H17F3N2/c1-12(13-7-9-20-10-8-13)21-15(11-16(17,18)19)14-5-3-2-4-6-14/h2-10,12,15,21H,11H2,1H3. The third-order valence-corrected chi connectivity index (χ3v) is 3.29. The number of nitrogens with one attached hydrogen (secondary N) is 1. The third-order valence-electron chi connectivity index (χ3n) is 3.29. The normalized spacial score (nSPS) is 14.7. The van der Waals surface area contributed by atoms with Gasteiger partial charge in [-0.3, -0.25) is 4.98 Å². The molecule has 1 N–H and O–H groups in total. The fourth-order valence-corrected chi connectivity index (χ4v) is 2.24. The van der Waals surface area contributed by atoms with Gasteiger partial charge in [0.2, 0.25) is 0 Å². The molecule has 0 aliphatic rings. The Kier molecular flexibility index (Phi) is 4.96. The smallest absolute Gasteiger partial charge is 0.303 e. The number of alkyl halides is 3. The first kappa shape index (κ1) is 15.5. The molecule has 21 heavy (non-hydrogen) atoms. The van der Waals surface area contributed by atoms with E-state index in [9.17, 15) is 13.2 Å². The van der Waals surface area contributed by atoms with Crippen LogP contribution in [0.15, 0.2) is 54.9 Å². The maximum atomic E-state index is 12.8. The molecule has 0 saturated carbocycles. The molecule has 0 aliphatic carbocycles. The Morgan fingerprint density at radius 3 is 2.19 bits per heavy atom. The van der Waals surface area contributed by atoms with Crippen LogP contribution >= 0.6 is 0 Å². The second-order valence-electron chi connectivity index (χ2n) is 4.95. The molecule has 0 fully saturated rings. The van der Waals surface area contributed by atoms with Gasteiger partial charge in [0.25, 0.3) is 0 Å². The van der Waals surface area contributed by atoms with Crippen molar-refractivity contribution >= 4 is 0 Å². The third kappa shape index (κ3) is 4.86. The quantitative estimate of drug-likeness (QED) is 0.882. The van der Waals surface area contributed by atoms with Gasteiger partial charge >= 0.3 is 6.18 Å². The molecule has 2 nitrogen and oxygen atoms in total. The summed E-state index contributed by atoms with van der Waals surface area (Å²) in [7, 11) is 0. The molecular formula is C16H17F3N2. The SMILES string of the molecule is CC(NC(CC(F)(F)F)c1ccccc1)c1ccncc1. The van der Waals surface area contributed by atoms with E-state index in [1.165, 1.54) is 0 Å². The minimum atomic E-state index is -4.22. The van der Waals surface area contributed by atoms with Crippen LogP contribution in [0.1, 0.15) is 36.6 Å². The van der Waals surface area contributed by atoms with E-state index in [0.29, 0.717) is 5.56 Å². The lowest BCUT2D eigenvalue weighted by atomic mass is 10.0. The van der Waals surface area contributed by atoms with Gasteiger partial charge in [0, 0.05) is 24.5 Å². The van der Waals surface area contributed by atoms with E-state index in [2.05, 4.69) is 10.3 Å². The number of nitrogens with zero attached hydrogens (tertiary/aromatic N) is 1. The highest BCUT2D eigenvalue weighted by molar-refractivity contribution is 5.21. The van der Waals surface area contributed by atoms with Crippen molar-refractivity contribution in [3.05, 3.63) is 66.0 Å². The molecule has 1 heterocycles. The van der Waals surface area contributed by atoms with Crippen LogP contribution in [0.2, 0.25) is 0 Å². The minimum Gasteiger partial charge on any atom is -0.303 e. The summed E-state index contributed by atoms with van der Waals surface area (Å²) >= 11 is 0. The lowest BCUT2D eigenvalue weighted by Gasteiger charge is -2.25. The summed E-state index contributed by atoms with van der Waals surface area (Å²) in [5.41, 5.74) is 1.55. The van der Waals surface area contributed by atoms with Crippen LogP contribution < -0.4 is 5.32 Å². The Morgan fingerprint density at radius 1 is 1.00 bits per heavy atom. The van der Waals surface area contributed by atoms with Crippen LogP contribution in [0, 0.1) is 0 Å². The molecule has 2 atom stereocenters. The fraction of sp³-hybridized carbons (Fsp3) is 0.312. The second-order valence-corrected chi connectivity index (χ2v) is 4.95. The summed E-state index contributed by atoms with van der Waals surface area (Å²) in [6.07, 6.45) is -1.85. The van der Waals surface area contributed by atoms with Gasteiger partial charge in [-0.15, -0.1) is 0 Å². The number of pyridine rings is 1. The van der Waals surface area contributed by atoms with Crippen molar-refractivity contribution in [3.8, 4) is 0 Å².